The maximum atomic E-state index is 11.1. The third-order valence-electron chi connectivity index (χ3n) is 4.71. The second kappa shape index (κ2) is 6.60. The summed E-state index contributed by atoms with van der Waals surface area (Å²) in [5, 5.41) is 12.4. The van der Waals surface area contributed by atoms with Crippen LogP contribution in [0, 0.1) is 5.41 Å². The quantitative estimate of drug-likeness (QED) is 0.779. The van der Waals surface area contributed by atoms with Crippen molar-refractivity contribution >= 4 is 17.7 Å². The normalized spacial score (nSPS) is 17.8. The largest absolute Gasteiger partial charge is 0.492 e. The number of carboxylic acid groups (broad SMARTS) is 1. The van der Waals surface area contributed by atoms with Gasteiger partial charge in [-0.3, -0.25) is 0 Å². The van der Waals surface area contributed by atoms with E-state index < -0.39 is 6.09 Å². The Bertz CT molecular complexity index is 817. The van der Waals surface area contributed by atoms with Crippen molar-refractivity contribution in [2.75, 3.05) is 6.61 Å². The fraction of sp³-hybridized carbons (Fsp3) is 0.350. The average molecular weight is 360 g/mol. The summed E-state index contributed by atoms with van der Waals surface area (Å²) < 4.78 is 5.48. The van der Waals surface area contributed by atoms with Crippen molar-refractivity contribution in [1.82, 2.24) is 5.32 Å². The van der Waals surface area contributed by atoms with Crippen LogP contribution in [0.1, 0.15) is 37.9 Å². The molecule has 1 aliphatic carbocycles. The number of carbonyl (C=O) groups is 1. The highest BCUT2D eigenvalue weighted by molar-refractivity contribution is 6.32. The Morgan fingerprint density at radius 3 is 2.60 bits per heavy atom. The van der Waals surface area contributed by atoms with Gasteiger partial charge >= 0.3 is 6.09 Å². The van der Waals surface area contributed by atoms with E-state index in [2.05, 4.69) is 25.2 Å². The van der Waals surface area contributed by atoms with Crippen LogP contribution < -0.4 is 10.1 Å². The molecule has 0 saturated carbocycles. The molecule has 4 nitrogen and oxygen atoms in total. The van der Waals surface area contributed by atoms with Gasteiger partial charge in [0.1, 0.15) is 5.75 Å². The molecule has 1 unspecified atom stereocenters. The van der Waals surface area contributed by atoms with Crippen molar-refractivity contribution in [3.63, 3.8) is 0 Å². The van der Waals surface area contributed by atoms with E-state index >= 15 is 0 Å². The van der Waals surface area contributed by atoms with Crippen LogP contribution in [0.4, 0.5) is 4.79 Å². The van der Waals surface area contributed by atoms with E-state index in [1.807, 2.05) is 37.3 Å². The number of rotatable bonds is 4. The van der Waals surface area contributed by atoms with Crippen LogP contribution in [0.3, 0.4) is 0 Å². The van der Waals surface area contributed by atoms with Crippen LogP contribution in [0.25, 0.3) is 11.1 Å². The number of benzene rings is 2. The summed E-state index contributed by atoms with van der Waals surface area (Å²) in [6.07, 6.45) is -0.167. The Balaban J connectivity index is 1.95. The minimum atomic E-state index is -0.992. The molecule has 0 aromatic heterocycles. The molecular weight excluding hydrogens is 338 g/mol. The smallest absolute Gasteiger partial charge is 0.405 e. The van der Waals surface area contributed by atoms with Gasteiger partial charge in [-0.15, -0.1) is 0 Å². The minimum absolute atomic E-state index is 0.157. The van der Waals surface area contributed by atoms with Crippen molar-refractivity contribution in [3.8, 4) is 16.9 Å². The first-order chi connectivity index (χ1) is 11.8. The summed E-state index contributed by atoms with van der Waals surface area (Å²) >= 11 is 6.30. The maximum Gasteiger partial charge on any atom is 0.405 e. The van der Waals surface area contributed by atoms with Gasteiger partial charge in [-0.25, -0.2) is 4.79 Å². The number of amides is 1. The zero-order valence-corrected chi connectivity index (χ0v) is 15.4. The van der Waals surface area contributed by atoms with Gasteiger partial charge in [0.15, 0.2) is 0 Å². The number of ether oxygens (including phenoxy) is 1. The molecule has 0 heterocycles. The fourth-order valence-electron chi connectivity index (χ4n) is 3.58. The Kier molecular flexibility index (Phi) is 4.65. The van der Waals surface area contributed by atoms with Crippen LogP contribution in [0.5, 0.6) is 5.75 Å². The number of hydrogen-bond acceptors (Lipinski definition) is 2. The molecular formula is C20H22ClNO3. The summed E-state index contributed by atoms with van der Waals surface area (Å²) in [6.45, 7) is 6.67. The molecule has 0 radical (unpaired) electrons. The molecule has 1 atom stereocenters. The fourth-order valence-corrected chi connectivity index (χ4v) is 3.82. The van der Waals surface area contributed by atoms with Crippen molar-refractivity contribution in [1.29, 1.82) is 0 Å². The molecule has 2 aromatic carbocycles. The molecule has 0 aliphatic heterocycles. The standard InChI is InChI=1S/C20H22ClNO3/c1-4-25-17-8-6-13(10-16(17)21)12-5-7-15-14(9-12)11-20(2,3)18(15)22-19(23)24/h5-10,18,22H,4,11H2,1-3H3,(H,23,24). The maximum absolute atomic E-state index is 11.1. The highest BCUT2D eigenvalue weighted by Crippen LogP contribution is 2.46. The molecule has 1 aliphatic rings. The summed E-state index contributed by atoms with van der Waals surface area (Å²) in [7, 11) is 0. The van der Waals surface area contributed by atoms with Gasteiger partial charge in [0.25, 0.3) is 0 Å². The predicted octanol–water partition coefficient (Wildman–Crippen LogP) is 5.30. The lowest BCUT2D eigenvalue weighted by molar-refractivity contribution is 0.175. The summed E-state index contributed by atoms with van der Waals surface area (Å²) in [5.74, 6) is 0.681. The molecule has 0 saturated heterocycles. The first-order valence-corrected chi connectivity index (χ1v) is 8.74. The van der Waals surface area contributed by atoms with Crippen molar-refractivity contribution in [2.45, 2.75) is 33.2 Å². The van der Waals surface area contributed by atoms with E-state index in [9.17, 15) is 4.79 Å². The lowest BCUT2D eigenvalue weighted by Gasteiger charge is -2.27. The van der Waals surface area contributed by atoms with Gasteiger partial charge in [0.05, 0.1) is 17.7 Å². The Morgan fingerprint density at radius 1 is 1.28 bits per heavy atom. The molecule has 5 heteroatoms. The van der Waals surface area contributed by atoms with E-state index in [4.69, 9.17) is 21.4 Å². The van der Waals surface area contributed by atoms with E-state index in [1.165, 1.54) is 5.56 Å². The molecule has 0 spiro atoms. The number of nitrogens with one attached hydrogen (secondary N) is 1. The lowest BCUT2D eigenvalue weighted by Crippen LogP contribution is -2.34. The van der Waals surface area contributed by atoms with E-state index in [0.717, 1.165) is 23.1 Å². The molecule has 1 amide bonds. The number of fused-ring (bicyclic) bond motifs is 1. The SMILES string of the molecule is CCOc1ccc(-c2ccc3c(c2)CC(C)(C)C3NC(=O)O)cc1Cl. The second-order valence-corrected chi connectivity index (χ2v) is 7.45. The van der Waals surface area contributed by atoms with Crippen LogP contribution in [0.15, 0.2) is 36.4 Å². The number of hydrogen-bond donors (Lipinski definition) is 2. The Hall–Kier alpha value is -2.20. The molecule has 3 rings (SSSR count). The van der Waals surface area contributed by atoms with Gasteiger partial charge in [0.2, 0.25) is 0 Å². The molecule has 132 valence electrons. The monoisotopic (exact) mass is 359 g/mol. The van der Waals surface area contributed by atoms with Crippen molar-refractivity contribution < 1.29 is 14.6 Å². The zero-order valence-electron chi connectivity index (χ0n) is 14.6. The summed E-state index contributed by atoms with van der Waals surface area (Å²) in [4.78, 5) is 11.1. The lowest BCUT2D eigenvalue weighted by atomic mass is 9.85. The van der Waals surface area contributed by atoms with Gasteiger partial charge in [-0.05, 0) is 53.1 Å². The molecule has 2 N–H and O–H groups in total. The minimum Gasteiger partial charge on any atom is -0.492 e. The molecule has 2 aromatic rings. The first kappa shape index (κ1) is 17.6. The average Bonchev–Trinajstić information content (AvgIpc) is 2.78. The predicted molar refractivity (Wildman–Crippen MR) is 99.4 cm³/mol. The van der Waals surface area contributed by atoms with E-state index in [1.54, 1.807) is 0 Å². The topological polar surface area (TPSA) is 58.6 Å². The molecule has 25 heavy (non-hydrogen) atoms. The first-order valence-electron chi connectivity index (χ1n) is 8.37. The highest BCUT2D eigenvalue weighted by atomic mass is 35.5. The third kappa shape index (κ3) is 3.45. The summed E-state index contributed by atoms with van der Waals surface area (Å²) in [5.41, 5.74) is 4.15. The Morgan fingerprint density at radius 2 is 1.96 bits per heavy atom. The molecule has 0 bridgehead atoms. The van der Waals surface area contributed by atoms with Crippen LogP contribution >= 0.6 is 11.6 Å². The molecule has 0 fully saturated rings. The zero-order chi connectivity index (χ0) is 18.2. The van der Waals surface area contributed by atoms with Gasteiger partial charge in [-0.2, -0.15) is 0 Å². The van der Waals surface area contributed by atoms with Crippen molar-refractivity contribution in [3.05, 3.63) is 52.5 Å². The van der Waals surface area contributed by atoms with Gasteiger partial charge < -0.3 is 15.2 Å². The van der Waals surface area contributed by atoms with E-state index in [0.29, 0.717) is 17.4 Å². The van der Waals surface area contributed by atoms with Crippen LogP contribution in [0.2, 0.25) is 5.02 Å². The van der Waals surface area contributed by atoms with Gasteiger partial charge in [0, 0.05) is 0 Å². The van der Waals surface area contributed by atoms with Gasteiger partial charge in [-0.1, -0.05) is 49.7 Å². The highest BCUT2D eigenvalue weighted by Gasteiger charge is 2.39. The van der Waals surface area contributed by atoms with E-state index in [-0.39, 0.29) is 11.5 Å². The van der Waals surface area contributed by atoms with Crippen molar-refractivity contribution in [2.24, 2.45) is 5.41 Å². The Labute approximate surface area is 152 Å². The van der Waals surface area contributed by atoms with Crippen LogP contribution in [-0.2, 0) is 6.42 Å². The number of halogens is 1. The second-order valence-electron chi connectivity index (χ2n) is 7.04. The van der Waals surface area contributed by atoms with Crippen LogP contribution in [-0.4, -0.2) is 17.8 Å². The summed E-state index contributed by atoms with van der Waals surface area (Å²) in [6, 6.07) is 11.7. The third-order valence-corrected chi connectivity index (χ3v) is 5.01.